The molecule has 0 bridgehead atoms. The molecule has 0 saturated carbocycles. The number of amides is 1. The Morgan fingerprint density at radius 3 is 1.08 bits per heavy atom. The van der Waals surface area contributed by atoms with E-state index in [1.165, 1.54) is 116 Å². The Bertz CT molecular complexity index is 6490. The number of morpholine rings is 3. The number of nitrogens with zero attached hydrogens (tertiary/aromatic N) is 19. The van der Waals surface area contributed by atoms with E-state index in [4.69, 9.17) is 19.9 Å². The molecule has 0 spiro atoms. The molecule has 35 nitrogen and oxygen atoms in total. The minimum absolute atomic E-state index is 0.00173. The van der Waals surface area contributed by atoms with Crippen LogP contribution in [-0.2, 0) is 38.9 Å². The van der Waals surface area contributed by atoms with E-state index in [1.54, 1.807) is 54.6 Å². The molecule has 758 valence electrons. The van der Waals surface area contributed by atoms with Gasteiger partial charge in [0.05, 0.1) is 175 Å². The highest BCUT2D eigenvalue weighted by Gasteiger charge is 2.34. The van der Waals surface area contributed by atoms with Gasteiger partial charge in [-0.25, -0.2) is 59.8 Å². The van der Waals surface area contributed by atoms with Gasteiger partial charge in [0.2, 0.25) is 29.7 Å². The summed E-state index contributed by atoms with van der Waals surface area (Å²) in [5, 5.41) is 36.9. The van der Waals surface area contributed by atoms with Gasteiger partial charge in [-0.2, -0.15) is 88.0 Å². The summed E-state index contributed by atoms with van der Waals surface area (Å²) in [5.41, 5.74) is 19.5. The lowest BCUT2D eigenvalue weighted by Crippen LogP contribution is -2.43. The standard InChI is InChI=1S/C24H26F4N8O.C24H17F4N7O.C24H27F3N8O.C23H24F4N8O/c1-16-15-36(9-10-37-16)8-7-29-22-21(25)14-31-23(34-22)35-32-13-19-5-6-20(12-30-19)33-18-4-2-3-17(11-18)24(26,27)28;25-20-13-31-23(34-21(20)14-4-6-15(7-5-14)22(29)36)35-32-12-18-8-9-19(11-30-18)33-17-3-1-2-16(10-17)24(26,27)28;1-17-13-22(28-7-8-35-9-11-36-12-10-35)33-23(31-17)34-30-16-20-5-6-21(15-29-20)32-19-4-2-3-18(14-19)24(25,26)27;24-20-15-30-22(33-21(20)28-6-7-35-8-10-36-11-9-35)34-31-14-18-4-5-19(13-29-18)32-17-3-1-2-16(12-17)23(25,26)27/h2-6,11-14,16,33H,7-10,15H2,1H3,(H2,29,31,34,35);1-13,33H,(H2,29,36)(H,31,34,35);2-6,13-16,32H,7-12H2,1H3,(H2,28,31,33,34);1-5,12-15,32H,6-11H2,(H2,28,30,33,34)/b32-13+;32-12+;30-16+;31-14+. The fourth-order valence-electron chi connectivity index (χ4n) is 13.6. The van der Waals surface area contributed by atoms with Crippen molar-refractivity contribution >= 4 is 118 Å². The van der Waals surface area contributed by atoms with Crippen LogP contribution in [0.15, 0.2) is 240 Å². The molecule has 13 N–H and O–H groups in total. The Morgan fingerprint density at radius 1 is 0.386 bits per heavy atom. The van der Waals surface area contributed by atoms with Gasteiger partial charge in [0, 0.05) is 124 Å². The summed E-state index contributed by atoms with van der Waals surface area (Å²) < 4.78 is 213. The van der Waals surface area contributed by atoms with Crippen molar-refractivity contribution in [1.29, 1.82) is 0 Å². The maximum atomic E-state index is 14.2. The van der Waals surface area contributed by atoms with E-state index < -0.39 is 70.3 Å². The summed E-state index contributed by atoms with van der Waals surface area (Å²) in [7, 11) is 0. The molecule has 1 unspecified atom stereocenters. The maximum absolute atomic E-state index is 14.2. The lowest BCUT2D eigenvalue weighted by molar-refractivity contribution is -0.138. The number of nitrogens with two attached hydrogens (primary N) is 1. The van der Waals surface area contributed by atoms with E-state index in [1.807, 2.05) is 19.9 Å². The monoisotopic (exact) mass is 2020 g/mol. The number of hydrogen-bond donors (Lipinski definition) is 12. The minimum Gasteiger partial charge on any atom is -0.379 e. The second kappa shape index (κ2) is 51.4. The van der Waals surface area contributed by atoms with Crippen LogP contribution in [0.25, 0.3) is 11.3 Å². The molecule has 16 rings (SSSR count). The van der Waals surface area contributed by atoms with Gasteiger partial charge in [-0.05, 0) is 147 Å². The fourth-order valence-corrected chi connectivity index (χ4v) is 13.6. The Kier molecular flexibility index (Phi) is 37.6. The normalized spacial score (nSPS) is 14.4. The number of primary amides is 1. The molecule has 145 heavy (non-hydrogen) atoms. The van der Waals surface area contributed by atoms with Gasteiger partial charge >= 0.3 is 24.7 Å². The number of alkyl halides is 12. The van der Waals surface area contributed by atoms with Crippen LogP contribution in [0.2, 0.25) is 0 Å². The summed E-state index contributed by atoms with van der Waals surface area (Å²) in [6, 6.07) is 40.6. The average molecular weight is 2020 g/mol. The highest BCUT2D eigenvalue weighted by Crippen LogP contribution is 2.37. The van der Waals surface area contributed by atoms with Gasteiger partial charge in [0.25, 0.3) is 0 Å². The second-order valence-electron chi connectivity index (χ2n) is 31.7. The number of carbonyl (C=O) groups excluding carboxylic acids is 1. The molecule has 3 saturated heterocycles. The largest absolute Gasteiger partial charge is 0.416 e. The molecule has 11 heterocycles. The summed E-state index contributed by atoms with van der Waals surface area (Å²) in [4.78, 5) is 67.4. The number of pyridine rings is 4. The van der Waals surface area contributed by atoms with Crippen LogP contribution in [0.1, 0.15) is 68.0 Å². The number of ether oxygens (including phenoxy) is 3. The average Bonchev–Trinajstić information content (AvgIpc) is 0.825. The van der Waals surface area contributed by atoms with E-state index in [-0.39, 0.29) is 63.9 Å². The van der Waals surface area contributed by atoms with Crippen molar-refractivity contribution < 1.29 is 84.9 Å². The van der Waals surface area contributed by atoms with Crippen molar-refractivity contribution in [1.82, 2.24) is 74.5 Å². The van der Waals surface area contributed by atoms with E-state index in [2.05, 4.69) is 154 Å². The number of rotatable bonds is 34. The second-order valence-corrected chi connectivity index (χ2v) is 31.7. The summed E-state index contributed by atoms with van der Waals surface area (Å²) in [6.07, 6.45) is -2.85. The van der Waals surface area contributed by atoms with Gasteiger partial charge in [0.1, 0.15) is 11.5 Å². The van der Waals surface area contributed by atoms with Gasteiger partial charge in [0.15, 0.2) is 29.1 Å². The molecule has 5 aromatic carbocycles. The summed E-state index contributed by atoms with van der Waals surface area (Å²) in [5.74, 6) is -1.00. The lowest BCUT2D eigenvalue weighted by atomic mass is 10.1. The SMILES string of the molecule is CC1CN(CCNc2nc(N/N=C/c3ccc(Nc4cccc(C(F)(F)F)c4)cn3)ncc2F)CCO1.Cc1cc(NCCN2CCOCC2)nc(N/N=C/c2ccc(Nc3cccc(C(F)(F)F)c3)cn2)n1.Fc1cnc(N/N=C/c2ccc(Nc3cccc(C(F)(F)F)c3)cn2)nc1NCCN1CCOCC1.NC(=O)c1ccc(-c2nc(N/N=C/c3ccc(Nc4cccc(C(F)(F)F)c4)cn3)ncc2F)cc1. The lowest BCUT2D eigenvalue weighted by Gasteiger charge is -2.31. The number of carbonyl (C=O) groups is 1. The predicted octanol–water partition coefficient (Wildman–Crippen LogP) is 17.4. The van der Waals surface area contributed by atoms with Crippen LogP contribution in [-0.4, -0.2) is 223 Å². The van der Waals surface area contributed by atoms with Crippen molar-refractivity contribution in [3.8, 4) is 11.3 Å². The topological polar surface area (TPSA) is 417 Å². The third-order valence-corrected chi connectivity index (χ3v) is 20.7. The molecule has 50 heteroatoms. The van der Waals surface area contributed by atoms with Gasteiger partial charge in [-0.1, -0.05) is 36.4 Å². The Morgan fingerprint density at radius 2 is 0.731 bits per heavy atom. The first-order chi connectivity index (χ1) is 69.7. The zero-order valence-electron chi connectivity index (χ0n) is 77.1. The molecule has 3 aliphatic rings. The molecule has 1 atom stereocenters. The van der Waals surface area contributed by atoms with Crippen molar-refractivity contribution in [3.05, 3.63) is 293 Å². The third-order valence-electron chi connectivity index (χ3n) is 20.7. The first kappa shape index (κ1) is 106. The number of hydrogen-bond acceptors (Lipinski definition) is 34. The molecule has 0 radical (unpaired) electrons. The zero-order chi connectivity index (χ0) is 103. The molecule has 3 aliphatic heterocycles. The quantitative estimate of drug-likeness (QED) is 0.0101. The van der Waals surface area contributed by atoms with Crippen LogP contribution in [0.3, 0.4) is 0 Å². The first-order valence-corrected chi connectivity index (χ1v) is 44.4. The molecule has 3 fully saturated rings. The predicted molar refractivity (Wildman–Crippen MR) is 519 cm³/mol. The minimum atomic E-state index is -4.44. The van der Waals surface area contributed by atoms with Crippen LogP contribution < -0.4 is 64.7 Å². The van der Waals surface area contributed by atoms with E-state index in [9.17, 15) is 70.7 Å². The highest BCUT2D eigenvalue weighted by atomic mass is 19.4. The molecule has 0 aliphatic carbocycles. The highest BCUT2D eigenvalue weighted by molar-refractivity contribution is 5.93. The van der Waals surface area contributed by atoms with Crippen LogP contribution in [0.5, 0.6) is 0 Å². The van der Waals surface area contributed by atoms with Crippen molar-refractivity contribution in [2.75, 3.05) is 170 Å². The smallest absolute Gasteiger partial charge is 0.379 e. The summed E-state index contributed by atoms with van der Waals surface area (Å²) in [6.45, 7) is 16.8. The third kappa shape index (κ3) is 34.8. The van der Waals surface area contributed by atoms with Crippen molar-refractivity contribution in [2.45, 2.75) is 44.7 Å². The number of nitrogens with one attached hydrogen (secondary N) is 11. The molecule has 1 amide bonds. The molecular formula is C95H94F15N31O4. The Labute approximate surface area is 818 Å². The number of anilines is 15. The van der Waals surface area contributed by atoms with Crippen molar-refractivity contribution in [3.63, 3.8) is 0 Å². The van der Waals surface area contributed by atoms with E-state index in [0.717, 1.165) is 151 Å². The summed E-state index contributed by atoms with van der Waals surface area (Å²) >= 11 is 0. The van der Waals surface area contributed by atoms with Gasteiger partial charge < -0.3 is 57.2 Å². The first-order valence-electron chi connectivity index (χ1n) is 44.4. The fraction of sp³-hybridized carbons (Fsp3) is 0.253. The number of aromatic nitrogens is 12. The number of aryl methyl sites for hydroxylation is 1. The maximum Gasteiger partial charge on any atom is 0.416 e. The van der Waals surface area contributed by atoms with Gasteiger partial charge in [-0.3, -0.25) is 39.4 Å². The molecular weight excluding hydrogens is 1920 g/mol. The van der Waals surface area contributed by atoms with E-state index >= 15 is 0 Å². The zero-order valence-corrected chi connectivity index (χ0v) is 77.1. The van der Waals surface area contributed by atoms with E-state index in [0.29, 0.717) is 101 Å². The van der Waals surface area contributed by atoms with Gasteiger partial charge in [-0.15, -0.1) is 0 Å². The molecule has 8 aromatic heterocycles. The van der Waals surface area contributed by atoms with Crippen LogP contribution in [0.4, 0.5) is 153 Å². The number of hydrazone groups is 4. The van der Waals surface area contributed by atoms with Crippen molar-refractivity contribution in [2.24, 2.45) is 26.1 Å². The Balaban J connectivity index is 0.000000162. The number of benzene rings is 5. The Hall–Kier alpha value is -16.3. The van der Waals surface area contributed by atoms with Crippen LogP contribution in [0, 0.1) is 24.4 Å². The number of halogens is 15. The molecule has 13 aromatic rings. The van der Waals surface area contributed by atoms with Crippen LogP contribution >= 0.6 is 0 Å².